The summed E-state index contributed by atoms with van der Waals surface area (Å²) in [7, 11) is -9.54. The molecule has 0 atom stereocenters. The molecule has 2 saturated heterocycles. The van der Waals surface area contributed by atoms with Crippen LogP contribution in [0.2, 0.25) is 0 Å². The molecule has 0 saturated carbocycles. The van der Waals surface area contributed by atoms with Crippen molar-refractivity contribution in [1.82, 2.24) is 0 Å². The molecule has 24 heavy (non-hydrogen) atoms. The van der Waals surface area contributed by atoms with Gasteiger partial charge in [0.05, 0.1) is 0 Å². The molecule has 0 aromatic carbocycles. The van der Waals surface area contributed by atoms with Gasteiger partial charge in [-0.1, -0.05) is 0 Å². The molecule has 0 radical (unpaired) electrons. The van der Waals surface area contributed by atoms with Crippen LogP contribution in [-0.4, -0.2) is 120 Å². The highest BCUT2D eigenvalue weighted by Gasteiger charge is 1.98. The first-order valence-corrected chi connectivity index (χ1v) is 20.8. The molecular weight excluding hydrogens is 529 g/mol. The van der Waals surface area contributed by atoms with Crippen molar-refractivity contribution < 1.29 is 49.4 Å². The fourth-order valence-corrected chi connectivity index (χ4v) is 22.8. The van der Waals surface area contributed by atoms with E-state index in [0.717, 1.165) is 0 Å². The summed E-state index contributed by atoms with van der Waals surface area (Å²) < 4.78 is 62.9. The predicted molar refractivity (Wildman–Crippen MR) is 116 cm³/mol. The molecule has 0 aromatic heterocycles. The highest BCUT2D eigenvalue weighted by molar-refractivity contribution is 6.51. The van der Waals surface area contributed by atoms with Crippen LogP contribution >= 0.6 is 0 Å². The fraction of sp³-hybridized carbons (Fsp3) is 0. The standard InChI is InChI=1S/2H12O6Si6/c2*1-7-2-9-4-11-6-12-5-10-3-8-1/h2*7-12H2. The minimum Gasteiger partial charge on any atom is -0.425 e. The first-order chi connectivity index (χ1) is 12.0. The van der Waals surface area contributed by atoms with Gasteiger partial charge in [-0.2, -0.15) is 0 Å². The normalized spacial score (nSPS) is 36.0. The molecule has 2 heterocycles. The van der Waals surface area contributed by atoms with E-state index in [2.05, 4.69) is 0 Å². The minimum absolute atomic E-state index is 0.795. The summed E-state index contributed by atoms with van der Waals surface area (Å²) in [6, 6.07) is 0. The Morgan fingerprint density at radius 2 is 0.250 bits per heavy atom. The average Bonchev–Trinajstić information content (AvgIpc) is 2.56. The maximum atomic E-state index is 5.24. The zero-order chi connectivity index (χ0) is 17.0. The third kappa shape index (κ3) is 18.9. The lowest BCUT2D eigenvalue weighted by molar-refractivity contribution is 0.346. The Labute approximate surface area is 169 Å². The van der Waals surface area contributed by atoms with Gasteiger partial charge >= 0.3 is 0 Å². The van der Waals surface area contributed by atoms with Gasteiger partial charge in [0.1, 0.15) is 0 Å². The van der Waals surface area contributed by atoms with Crippen LogP contribution < -0.4 is 0 Å². The minimum atomic E-state index is -0.795. The summed E-state index contributed by atoms with van der Waals surface area (Å²) in [5.74, 6) is 0. The van der Waals surface area contributed by atoms with E-state index in [1.165, 1.54) is 0 Å². The van der Waals surface area contributed by atoms with Gasteiger partial charge in [-0.25, -0.2) is 0 Å². The summed E-state index contributed by atoms with van der Waals surface area (Å²) in [5.41, 5.74) is 0. The second-order valence-corrected chi connectivity index (χ2v) is 26.3. The second-order valence-electron chi connectivity index (χ2n) is 3.86. The summed E-state index contributed by atoms with van der Waals surface area (Å²) in [6.07, 6.45) is 0. The van der Waals surface area contributed by atoms with Crippen LogP contribution in [0.1, 0.15) is 0 Å². The van der Waals surface area contributed by atoms with Gasteiger partial charge < -0.3 is 49.4 Å². The van der Waals surface area contributed by atoms with E-state index in [-0.39, 0.29) is 0 Å². The van der Waals surface area contributed by atoms with Gasteiger partial charge in [0.15, 0.2) is 0 Å². The highest BCUT2D eigenvalue weighted by Crippen LogP contribution is 1.80. The Morgan fingerprint density at radius 3 is 0.333 bits per heavy atom. The van der Waals surface area contributed by atoms with Gasteiger partial charge in [0, 0.05) is 0 Å². The molecule has 2 aliphatic rings. The van der Waals surface area contributed by atoms with Crippen molar-refractivity contribution in [3.05, 3.63) is 0 Å². The van der Waals surface area contributed by atoms with Crippen LogP contribution in [0, 0.1) is 0 Å². The maximum Gasteiger partial charge on any atom is 0.286 e. The largest absolute Gasteiger partial charge is 0.425 e. The second kappa shape index (κ2) is 21.4. The molecular formula is H24O12Si12. The molecule has 0 unspecified atom stereocenters. The molecule has 2 aliphatic heterocycles. The lowest BCUT2D eigenvalue weighted by Crippen LogP contribution is -2.23. The maximum absolute atomic E-state index is 5.24. The number of hydrogen-bond acceptors (Lipinski definition) is 12. The Bertz CT molecular complexity index is 134. The molecule has 0 spiro atoms. The van der Waals surface area contributed by atoms with Crippen LogP contribution in [0.5, 0.6) is 0 Å². The van der Waals surface area contributed by atoms with E-state index < -0.39 is 120 Å². The van der Waals surface area contributed by atoms with E-state index >= 15 is 0 Å². The van der Waals surface area contributed by atoms with Crippen molar-refractivity contribution in [3.8, 4) is 0 Å². The Balaban J connectivity index is 0.000000240. The van der Waals surface area contributed by atoms with E-state index in [9.17, 15) is 0 Å². The van der Waals surface area contributed by atoms with Crippen molar-refractivity contribution in [1.29, 1.82) is 0 Å². The lowest BCUT2D eigenvalue weighted by Gasteiger charge is -2.10. The van der Waals surface area contributed by atoms with Crippen LogP contribution in [0.3, 0.4) is 0 Å². The van der Waals surface area contributed by atoms with Crippen molar-refractivity contribution in [3.63, 3.8) is 0 Å². The zero-order valence-electron chi connectivity index (χ0n) is 13.4. The summed E-state index contributed by atoms with van der Waals surface area (Å²) in [6.45, 7) is 0. The smallest absolute Gasteiger partial charge is 0.286 e. The molecule has 2 rings (SSSR count). The molecule has 0 amide bonds. The van der Waals surface area contributed by atoms with Crippen molar-refractivity contribution >= 4 is 120 Å². The SMILES string of the molecule is O1[SiH2]O[SiH2]O[SiH2]O[SiH2]O[SiH2]O[SiH2]1.O1[SiH2]O[SiH2]O[SiH2]O[SiH2]O[SiH2]O[SiH2]1. The van der Waals surface area contributed by atoms with Gasteiger partial charge in [0.2, 0.25) is 0 Å². The van der Waals surface area contributed by atoms with Crippen molar-refractivity contribution in [2.75, 3.05) is 0 Å². The molecule has 0 bridgehead atoms. The number of hydrogen-bond donors (Lipinski definition) is 0. The Kier molecular flexibility index (Phi) is 21.6. The summed E-state index contributed by atoms with van der Waals surface area (Å²) >= 11 is 0. The molecule has 24 heteroatoms. The van der Waals surface area contributed by atoms with Gasteiger partial charge in [0.25, 0.3) is 120 Å². The van der Waals surface area contributed by atoms with Crippen molar-refractivity contribution in [2.45, 2.75) is 0 Å². The predicted octanol–water partition coefficient (Wildman–Crippen LogP) is -11.8. The molecule has 0 aromatic rings. The summed E-state index contributed by atoms with van der Waals surface area (Å²) in [5, 5.41) is 0. The van der Waals surface area contributed by atoms with Crippen LogP contribution in [-0.2, 0) is 49.4 Å². The van der Waals surface area contributed by atoms with Crippen LogP contribution in [0.15, 0.2) is 0 Å². The van der Waals surface area contributed by atoms with E-state index in [1.807, 2.05) is 0 Å². The topological polar surface area (TPSA) is 111 Å². The monoisotopic (exact) mass is 552 g/mol. The number of rotatable bonds is 0. The van der Waals surface area contributed by atoms with Crippen molar-refractivity contribution in [2.24, 2.45) is 0 Å². The van der Waals surface area contributed by atoms with Crippen LogP contribution in [0.4, 0.5) is 0 Å². The van der Waals surface area contributed by atoms with E-state index in [1.54, 1.807) is 0 Å². The Morgan fingerprint density at radius 1 is 0.167 bits per heavy atom. The van der Waals surface area contributed by atoms with Gasteiger partial charge in [-0.15, -0.1) is 0 Å². The quantitative estimate of drug-likeness (QED) is 0.266. The zero-order valence-corrected chi connectivity index (χ0v) is 30.4. The third-order valence-corrected chi connectivity index (χ3v) is 18.0. The van der Waals surface area contributed by atoms with Crippen LogP contribution in [0.25, 0.3) is 0 Å². The molecule has 12 nitrogen and oxygen atoms in total. The van der Waals surface area contributed by atoms with E-state index in [0.29, 0.717) is 0 Å². The third-order valence-electron chi connectivity index (χ3n) is 2.00. The molecule has 0 aliphatic carbocycles. The fourth-order valence-electron chi connectivity index (χ4n) is 1.12. The molecule has 0 N–H and O–H groups in total. The van der Waals surface area contributed by atoms with E-state index in [4.69, 9.17) is 49.4 Å². The van der Waals surface area contributed by atoms with Gasteiger partial charge in [-0.05, 0) is 0 Å². The Hall–Kier alpha value is 2.12. The molecule has 144 valence electrons. The first kappa shape index (κ1) is 24.2. The first-order valence-electron chi connectivity index (χ1n) is 6.93. The summed E-state index contributed by atoms with van der Waals surface area (Å²) in [4.78, 5) is 0. The molecule has 2 fully saturated rings. The lowest BCUT2D eigenvalue weighted by atomic mass is 15.7. The van der Waals surface area contributed by atoms with Gasteiger partial charge in [-0.3, -0.25) is 0 Å². The average molecular weight is 553 g/mol. The highest BCUT2D eigenvalue weighted by atomic mass is 28.4.